The first-order chi connectivity index (χ1) is 23.7. The third-order valence-corrected chi connectivity index (χ3v) is 12.4. The van der Waals surface area contributed by atoms with Crippen molar-refractivity contribution < 1.29 is 4.57 Å². The molecular weight excluding hydrogens is 603 g/mol. The first kappa shape index (κ1) is 28.3. The molecule has 0 aliphatic carbocycles. The molecule has 9 aromatic rings. The molecule has 0 unspecified atom stereocenters. The summed E-state index contributed by atoms with van der Waals surface area (Å²) in [5.74, 6) is 0. The molecule has 0 saturated carbocycles. The monoisotopic (exact) mass is 634 g/mol. The van der Waals surface area contributed by atoms with Crippen LogP contribution in [-0.2, 0) is 4.57 Å². The Bertz CT molecular complexity index is 2580. The molecule has 9 rings (SSSR count). The molecule has 0 fully saturated rings. The van der Waals surface area contributed by atoms with Gasteiger partial charge in [-0.1, -0.05) is 152 Å². The summed E-state index contributed by atoms with van der Waals surface area (Å²) in [4.78, 5) is 0. The minimum atomic E-state index is -3.19. The third kappa shape index (κ3) is 4.40. The van der Waals surface area contributed by atoms with E-state index >= 15 is 4.57 Å². The second-order valence-electron chi connectivity index (χ2n) is 12.1. The lowest BCUT2D eigenvalue weighted by Gasteiger charge is -2.21. The number of benzene rings is 7. The SMILES string of the molecule is O=P(c1ccccc1)(c1ccccc1)c1cccc(-n2c3ccccc3c3ccc4cc(-c5ccccc5)n(-c5ccccc5)c4c32)c1. The fourth-order valence-corrected chi connectivity index (χ4v) is 9.91. The number of hydrogen-bond acceptors (Lipinski definition) is 1. The fraction of sp³-hybridized carbons (Fsp3) is 0. The normalized spacial score (nSPS) is 11.8. The molecule has 0 aliphatic rings. The Kier molecular flexibility index (Phi) is 6.74. The maximum atomic E-state index is 15.5. The average molecular weight is 635 g/mol. The summed E-state index contributed by atoms with van der Waals surface area (Å²) < 4.78 is 20.2. The summed E-state index contributed by atoms with van der Waals surface area (Å²) in [6.07, 6.45) is 0. The van der Waals surface area contributed by atoms with Gasteiger partial charge in [0.05, 0.1) is 22.2 Å². The van der Waals surface area contributed by atoms with Gasteiger partial charge in [0, 0.05) is 43.4 Å². The van der Waals surface area contributed by atoms with Gasteiger partial charge in [-0.25, -0.2) is 0 Å². The Hall–Kier alpha value is -5.89. The quantitative estimate of drug-likeness (QED) is 0.167. The highest BCUT2D eigenvalue weighted by Crippen LogP contribution is 2.44. The van der Waals surface area contributed by atoms with Crippen molar-refractivity contribution >= 4 is 55.8 Å². The standard InChI is InChI=1S/C44H31N2OP/c47-48(36-21-9-3-10-22-36,37-23-11-4-12-24-37)38-25-15-20-35(31-38)46-41-27-14-13-26-39(41)40-29-28-33-30-42(32-16-5-1-6-17-32)45(43(33)44(40)46)34-18-7-2-8-19-34/h1-31H. The van der Waals surface area contributed by atoms with Crippen LogP contribution in [0.2, 0.25) is 0 Å². The summed E-state index contributed by atoms with van der Waals surface area (Å²) in [7, 11) is -3.19. The van der Waals surface area contributed by atoms with Crippen molar-refractivity contribution in [1.82, 2.24) is 9.13 Å². The van der Waals surface area contributed by atoms with Crippen molar-refractivity contribution in [3.05, 3.63) is 188 Å². The van der Waals surface area contributed by atoms with Gasteiger partial charge >= 0.3 is 0 Å². The predicted octanol–water partition coefficient (Wildman–Crippen LogP) is 10.0. The van der Waals surface area contributed by atoms with Crippen LogP contribution in [0.25, 0.3) is 55.3 Å². The van der Waals surface area contributed by atoms with Gasteiger partial charge in [0.15, 0.2) is 7.14 Å². The Labute approximate surface area is 279 Å². The number of rotatable bonds is 6. The van der Waals surface area contributed by atoms with Crippen LogP contribution in [0.5, 0.6) is 0 Å². The van der Waals surface area contributed by atoms with Crippen molar-refractivity contribution in [3.8, 4) is 22.6 Å². The van der Waals surface area contributed by atoms with E-state index in [0.717, 1.165) is 60.5 Å². The molecule has 0 saturated heterocycles. The number of nitrogens with zero attached hydrogens (tertiary/aromatic N) is 2. The summed E-state index contributed by atoms with van der Waals surface area (Å²) >= 11 is 0. The topological polar surface area (TPSA) is 26.9 Å². The van der Waals surface area contributed by atoms with Crippen LogP contribution in [0, 0.1) is 0 Å². The minimum Gasteiger partial charge on any atom is -0.309 e. The second kappa shape index (κ2) is 11.4. The van der Waals surface area contributed by atoms with Gasteiger partial charge in [-0.2, -0.15) is 0 Å². The van der Waals surface area contributed by atoms with Gasteiger partial charge < -0.3 is 13.7 Å². The van der Waals surface area contributed by atoms with Crippen LogP contribution in [0.3, 0.4) is 0 Å². The van der Waals surface area contributed by atoms with Gasteiger partial charge in [-0.05, 0) is 42.0 Å². The van der Waals surface area contributed by atoms with Crippen molar-refractivity contribution in [2.24, 2.45) is 0 Å². The molecule has 0 aliphatic heterocycles. The van der Waals surface area contributed by atoms with E-state index in [9.17, 15) is 0 Å². The van der Waals surface area contributed by atoms with E-state index in [-0.39, 0.29) is 0 Å². The Morgan fingerprint density at radius 3 is 1.65 bits per heavy atom. The van der Waals surface area contributed by atoms with E-state index in [1.54, 1.807) is 0 Å². The molecule has 7 aromatic carbocycles. The number of aromatic nitrogens is 2. The molecular formula is C44H31N2OP. The first-order valence-electron chi connectivity index (χ1n) is 16.2. The van der Waals surface area contributed by atoms with Gasteiger partial charge in [-0.15, -0.1) is 0 Å². The Morgan fingerprint density at radius 2 is 0.958 bits per heavy atom. The highest BCUT2D eigenvalue weighted by molar-refractivity contribution is 7.85. The average Bonchev–Trinajstić information content (AvgIpc) is 3.72. The van der Waals surface area contributed by atoms with E-state index in [4.69, 9.17) is 0 Å². The fourth-order valence-electron chi connectivity index (χ4n) is 7.23. The van der Waals surface area contributed by atoms with E-state index in [1.165, 1.54) is 10.8 Å². The molecule has 0 N–H and O–H groups in total. The highest BCUT2D eigenvalue weighted by Gasteiger charge is 2.30. The van der Waals surface area contributed by atoms with Crippen LogP contribution in [-0.4, -0.2) is 9.13 Å². The summed E-state index contributed by atoms with van der Waals surface area (Å²) in [5, 5.41) is 5.96. The summed E-state index contributed by atoms with van der Waals surface area (Å²) in [6.45, 7) is 0. The van der Waals surface area contributed by atoms with Crippen molar-refractivity contribution in [3.63, 3.8) is 0 Å². The lowest BCUT2D eigenvalue weighted by molar-refractivity contribution is 0.592. The van der Waals surface area contributed by atoms with E-state index in [2.05, 4.69) is 130 Å². The number of hydrogen-bond donors (Lipinski definition) is 0. The molecule has 3 nitrogen and oxygen atoms in total. The number of fused-ring (bicyclic) bond motifs is 5. The van der Waals surface area contributed by atoms with E-state index in [0.29, 0.717) is 0 Å². The maximum Gasteiger partial charge on any atom is 0.171 e. The zero-order valence-corrected chi connectivity index (χ0v) is 27.0. The third-order valence-electron chi connectivity index (χ3n) is 9.37. The molecule has 0 amide bonds. The largest absolute Gasteiger partial charge is 0.309 e. The van der Waals surface area contributed by atoms with E-state index < -0.39 is 7.14 Å². The summed E-state index contributed by atoms with van der Waals surface area (Å²) in [6, 6.07) is 64.8. The molecule has 4 heteroatoms. The smallest absolute Gasteiger partial charge is 0.171 e. The number of para-hydroxylation sites is 2. The zero-order valence-electron chi connectivity index (χ0n) is 26.1. The van der Waals surface area contributed by atoms with Gasteiger partial charge in [0.25, 0.3) is 0 Å². The van der Waals surface area contributed by atoms with Gasteiger partial charge in [0.2, 0.25) is 0 Å². The van der Waals surface area contributed by atoms with Crippen LogP contribution in [0.15, 0.2) is 188 Å². The van der Waals surface area contributed by atoms with Crippen molar-refractivity contribution in [1.29, 1.82) is 0 Å². The van der Waals surface area contributed by atoms with Gasteiger partial charge in [0.1, 0.15) is 0 Å². The van der Waals surface area contributed by atoms with Crippen LogP contribution in [0.1, 0.15) is 0 Å². The maximum absolute atomic E-state index is 15.5. The van der Waals surface area contributed by atoms with Gasteiger partial charge in [-0.3, -0.25) is 0 Å². The highest BCUT2D eigenvalue weighted by atomic mass is 31.2. The molecule has 0 bridgehead atoms. The molecule has 48 heavy (non-hydrogen) atoms. The Balaban J connectivity index is 1.39. The molecule has 0 radical (unpaired) electrons. The molecule has 0 spiro atoms. The van der Waals surface area contributed by atoms with Crippen LogP contribution < -0.4 is 15.9 Å². The molecule has 228 valence electrons. The summed E-state index contributed by atoms with van der Waals surface area (Å²) in [5.41, 5.74) is 7.71. The molecule has 0 atom stereocenters. The van der Waals surface area contributed by atoms with E-state index in [1.807, 2.05) is 66.7 Å². The first-order valence-corrected chi connectivity index (χ1v) is 17.9. The lowest BCUT2D eigenvalue weighted by Crippen LogP contribution is -2.25. The molecule has 2 aromatic heterocycles. The van der Waals surface area contributed by atoms with Crippen molar-refractivity contribution in [2.45, 2.75) is 0 Å². The lowest BCUT2D eigenvalue weighted by atomic mass is 10.1. The second-order valence-corrected chi connectivity index (χ2v) is 14.9. The van der Waals surface area contributed by atoms with Crippen LogP contribution in [0.4, 0.5) is 0 Å². The van der Waals surface area contributed by atoms with Crippen LogP contribution >= 0.6 is 7.14 Å². The zero-order chi connectivity index (χ0) is 32.1. The van der Waals surface area contributed by atoms with Crippen molar-refractivity contribution in [2.75, 3.05) is 0 Å². The predicted molar refractivity (Wildman–Crippen MR) is 202 cm³/mol. The Morgan fingerprint density at radius 1 is 0.396 bits per heavy atom. The minimum absolute atomic E-state index is 0.805. The molecule has 2 heterocycles.